The minimum atomic E-state index is -0.158. The Balaban J connectivity index is 4.39. The van der Waals surface area contributed by atoms with Crippen molar-refractivity contribution in [3.63, 3.8) is 0 Å². The van der Waals surface area contributed by atoms with Crippen molar-refractivity contribution in [2.75, 3.05) is 0 Å². The van der Waals surface area contributed by atoms with Crippen LogP contribution >= 0.6 is 0 Å². The van der Waals surface area contributed by atoms with Crippen molar-refractivity contribution < 1.29 is 9.53 Å². The molecule has 0 aromatic heterocycles. The monoisotopic (exact) mass is 528 g/mol. The Morgan fingerprint density at radius 3 is 1.50 bits per heavy atom. The quantitative estimate of drug-likeness (QED) is 0.0707. The lowest BCUT2D eigenvalue weighted by Gasteiger charge is -2.15. The zero-order valence-corrected chi connectivity index (χ0v) is 26.6. The molecule has 0 amide bonds. The molecule has 0 bridgehead atoms. The molecule has 0 aromatic carbocycles. The molecule has 0 aliphatic heterocycles. The second-order valence-corrected chi connectivity index (χ2v) is 12.0. The van der Waals surface area contributed by atoms with Crippen LogP contribution in [-0.2, 0) is 9.53 Å². The van der Waals surface area contributed by atoms with Gasteiger partial charge in [-0.2, -0.15) is 0 Å². The van der Waals surface area contributed by atoms with Gasteiger partial charge in [-0.1, -0.05) is 124 Å². The van der Waals surface area contributed by atoms with Crippen LogP contribution in [0.3, 0.4) is 0 Å². The molecule has 0 aliphatic carbocycles. The number of rotatable bonds is 24. The number of hydrogen-bond donors (Lipinski definition) is 0. The fraction of sp³-hybridized carbons (Fsp3) is 0.750. The minimum absolute atomic E-state index is 0.0398. The van der Waals surface area contributed by atoms with Gasteiger partial charge in [0.1, 0.15) is 6.10 Å². The number of hydrogen-bond acceptors (Lipinski definition) is 2. The van der Waals surface area contributed by atoms with Crippen molar-refractivity contribution in [3.8, 4) is 0 Å². The van der Waals surface area contributed by atoms with Crippen molar-refractivity contribution in [1.82, 2.24) is 0 Å². The fourth-order valence-electron chi connectivity index (χ4n) is 4.66. The Labute approximate surface area is 238 Å². The number of carbonyl (C=O) groups is 1. The average molecular weight is 529 g/mol. The summed E-state index contributed by atoms with van der Waals surface area (Å²) in [5, 5.41) is 0. The molecule has 38 heavy (non-hydrogen) atoms. The third-order valence-corrected chi connectivity index (χ3v) is 7.12. The van der Waals surface area contributed by atoms with Crippen LogP contribution in [0, 0.1) is 0 Å². The molecular formula is C36H64O2. The predicted molar refractivity (Wildman–Crippen MR) is 170 cm³/mol. The van der Waals surface area contributed by atoms with Gasteiger partial charge in [0.2, 0.25) is 0 Å². The standard InChI is InChI=1S/C36H64O2/c1-8-9-10-11-12-13-14-15-16-17-18-19-20-27-36(37)38-35(30-34(7)26-22-24-32(4)5)29-28-33(6)25-21-23-31(2)3/h23-24,28,30,35H,8-22,25-27,29H2,1-7H3/b33-28+,34-30+. The average Bonchev–Trinajstić information content (AvgIpc) is 2.85. The second-order valence-electron chi connectivity index (χ2n) is 12.0. The first-order chi connectivity index (χ1) is 18.2. The van der Waals surface area contributed by atoms with Gasteiger partial charge in [0.15, 0.2) is 0 Å². The third kappa shape index (κ3) is 26.1. The molecule has 0 spiro atoms. The molecular weight excluding hydrogens is 464 g/mol. The highest BCUT2D eigenvalue weighted by molar-refractivity contribution is 5.69. The van der Waals surface area contributed by atoms with E-state index in [1.807, 2.05) is 0 Å². The van der Waals surface area contributed by atoms with E-state index >= 15 is 0 Å². The molecule has 0 N–H and O–H groups in total. The second kappa shape index (κ2) is 25.7. The molecule has 0 saturated carbocycles. The van der Waals surface area contributed by atoms with Crippen molar-refractivity contribution in [3.05, 3.63) is 46.6 Å². The van der Waals surface area contributed by atoms with E-state index in [9.17, 15) is 4.79 Å². The summed E-state index contributed by atoms with van der Waals surface area (Å²) in [6.45, 7) is 15.2. The van der Waals surface area contributed by atoms with Crippen LogP contribution in [0.25, 0.3) is 0 Å². The molecule has 0 rings (SSSR count). The number of allylic oxidation sites excluding steroid dienone is 6. The molecule has 0 fully saturated rings. The number of unbranched alkanes of at least 4 members (excludes halogenated alkanes) is 12. The normalized spacial score (nSPS) is 12.8. The maximum absolute atomic E-state index is 12.6. The van der Waals surface area contributed by atoms with Gasteiger partial charge in [-0.25, -0.2) is 0 Å². The molecule has 0 radical (unpaired) electrons. The Hall–Kier alpha value is -1.57. The predicted octanol–water partition coefficient (Wildman–Crippen LogP) is 12.2. The van der Waals surface area contributed by atoms with Crippen molar-refractivity contribution >= 4 is 5.97 Å². The van der Waals surface area contributed by atoms with Crippen LogP contribution in [0.5, 0.6) is 0 Å². The Kier molecular flexibility index (Phi) is 24.6. The summed E-state index contributed by atoms with van der Waals surface area (Å²) < 4.78 is 5.96. The molecule has 2 heteroatoms. The Bertz CT molecular complexity index is 699. The molecule has 220 valence electrons. The highest BCUT2D eigenvalue weighted by Gasteiger charge is 2.12. The smallest absolute Gasteiger partial charge is 0.306 e. The van der Waals surface area contributed by atoms with Gasteiger partial charge < -0.3 is 4.74 Å². The highest BCUT2D eigenvalue weighted by Crippen LogP contribution is 2.17. The molecule has 0 aromatic rings. The summed E-state index contributed by atoms with van der Waals surface area (Å²) in [5.41, 5.74) is 5.40. The number of ether oxygens (including phenoxy) is 1. The first-order valence-electron chi connectivity index (χ1n) is 16.0. The molecule has 1 unspecified atom stereocenters. The van der Waals surface area contributed by atoms with E-state index in [1.165, 1.54) is 92.9 Å². The number of esters is 1. The van der Waals surface area contributed by atoms with Gasteiger partial charge in [0, 0.05) is 12.8 Å². The summed E-state index contributed by atoms with van der Waals surface area (Å²) >= 11 is 0. The van der Waals surface area contributed by atoms with Crippen LogP contribution < -0.4 is 0 Å². The lowest BCUT2D eigenvalue weighted by molar-refractivity contribution is -0.146. The third-order valence-electron chi connectivity index (χ3n) is 7.12. The lowest BCUT2D eigenvalue weighted by atomic mass is 10.0. The van der Waals surface area contributed by atoms with Gasteiger partial charge in [-0.15, -0.1) is 0 Å². The molecule has 0 aliphatic rings. The van der Waals surface area contributed by atoms with Crippen molar-refractivity contribution in [2.45, 2.75) is 177 Å². The van der Waals surface area contributed by atoms with Crippen LogP contribution in [-0.4, -0.2) is 12.1 Å². The van der Waals surface area contributed by atoms with E-state index in [0.29, 0.717) is 6.42 Å². The van der Waals surface area contributed by atoms with Gasteiger partial charge in [-0.3, -0.25) is 4.79 Å². The number of carbonyl (C=O) groups excluding carboxylic acids is 1. The van der Waals surface area contributed by atoms with Crippen LogP contribution in [0.15, 0.2) is 46.6 Å². The van der Waals surface area contributed by atoms with Crippen molar-refractivity contribution in [1.29, 1.82) is 0 Å². The van der Waals surface area contributed by atoms with Gasteiger partial charge in [0.05, 0.1) is 0 Å². The lowest BCUT2D eigenvalue weighted by Crippen LogP contribution is -2.16. The van der Waals surface area contributed by atoms with Crippen molar-refractivity contribution in [2.24, 2.45) is 0 Å². The van der Waals surface area contributed by atoms with Crippen LogP contribution in [0.2, 0.25) is 0 Å². The zero-order valence-electron chi connectivity index (χ0n) is 26.6. The summed E-state index contributed by atoms with van der Waals surface area (Å²) in [6.07, 6.45) is 31.5. The van der Waals surface area contributed by atoms with E-state index in [1.54, 1.807) is 0 Å². The van der Waals surface area contributed by atoms with E-state index in [0.717, 1.165) is 44.9 Å². The fourth-order valence-corrected chi connectivity index (χ4v) is 4.66. The highest BCUT2D eigenvalue weighted by atomic mass is 16.5. The van der Waals surface area contributed by atoms with Gasteiger partial charge in [-0.05, 0) is 79.7 Å². The summed E-state index contributed by atoms with van der Waals surface area (Å²) in [4.78, 5) is 12.6. The Morgan fingerprint density at radius 2 is 1.03 bits per heavy atom. The maximum Gasteiger partial charge on any atom is 0.306 e. The molecule has 1 atom stereocenters. The SMILES string of the molecule is CCCCCCCCCCCCCCCC(=O)OC(/C=C(\C)CCC=C(C)C)C/C=C(\C)CCC=C(C)C. The zero-order chi connectivity index (χ0) is 28.4. The molecule has 0 saturated heterocycles. The van der Waals surface area contributed by atoms with E-state index in [2.05, 4.69) is 72.8 Å². The van der Waals surface area contributed by atoms with E-state index in [-0.39, 0.29) is 12.1 Å². The van der Waals surface area contributed by atoms with Gasteiger partial charge in [0.25, 0.3) is 0 Å². The molecule has 0 heterocycles. The molecule has 2 nitrogen and oxygen atoms in total. The van der Waals surface area contributed by atoms with Gasteiger partial charge >= 0.3 is 5.97 Å². The van der Waals surface area contributed by atoms with E-state index < -0.39 is 0 Å². The summed E-state index contributed by atoms with van der Waals surface area (Å²) in [5.74, 6) is -0.0398. The van der Waals surface area contributed by atoms with Crippen LogP contribution in [0.4, 0.5) is 0 Å². The summed E-state index contributed by atoms with van der Waals surface area (Å²) in [7, 11) is 0. The minimum Gasteiger partial charge on any atom is -0.458 e. The topological polar surface area (TPSA) is 26.3 Å². The maximum atomic E-state index is 12.6. The first kappa shape index (κ1) is 36.4. The van der Waals surface area contributed by atoms with E-state index in [4.69, 9.17) is 4.74 Å². The summed E-state index contributed by atoms with van der Waals surface area (Å²) in [6, 6.07) is 0. The first-order valence-corrected chi connectivity index (χ1v) is 16.0. The Morgan fingerprint density at radius 1 is 0.579 bits per heavy atom. The van der Waals surface area contributed by atoms with Crippen LogP contribution in [0.1, 0.15) is 170 Å². The largest absolute Gasteiger partial charge is 0.458 e.